The number of piperidine rings is 1. The Morgan fingerprint density at radius 1 is 1.09 bits per heavy atom. The smallest absolute Gasteiger partial charge is 0.332 e. The standard InChI is InChI=1S/C26H29N3O5/c1-18(15-24(30)22-5-3-20(16-27)4-6-22)26(32)29-13-9-23(10-14-29)33-17-25(31)34-19(2)21-7-11-28-12-8-21/h3-8,11-12,18-19,23H,9-10,13-15,17H2,1-2H3/t18-,19+/m1/s1. The normalized spacial score (nSPS) is 15.7. The van der Waals surface area contributed by atoms with Crippen LogP contribution < -0.4 is 0 Å². The van der Waals surface area contributed by atoms with Gasteiger partial charge >= 0.3 is 5.97 Å². The molecule has 2 heterocycles. The third-order valence-corrected chi connectivity index (χ3v) is 5.92. The first-order valence-electron chi connectivity index (χ1n) is 11.4. The molecule has 1 fully saturated rings. The number of benzene rings is 1. The summed E-state index contributed by atoms with van der Waals surface area (Å²) >= 11 is 0. The van der Waals surface area contributed by atoms with Crippen LogP contribution >= 0.6 is 0 Å². The Hall–Kier alpha value is -3.57. The topological polar surface area (TPSA) is 110 Å². The first kappa shape index (κ1) is 25.1. The number of likely N-dealkylation sites (tertiary alicyclic amines) is 1. The maximum atomic E-state index is 12.8. The molecule has 8 nitrogen and oxygen atoms in total. The van der Waals surface area contributed by atoms with Crippen molar-refractivity contribution in [3.8, 4) is 6.07 Å². The molecule has 1 aliphatic heterocycles. The maximum absolute atomic E-state index is 12.8. The number of carbonyl (C=O) groups excluding carboxylic acids is 3. The summed E-state index contributed by atoms with van der Waals surface area (Å²) in [5.41, 5.74) is 1.85. The fourth-order valence-electron chi connectivity index (χ4n) is 3.89. The number of ether oxygens (including phenoxy) is 2. The zero-order valence-electron chi connectivity index (χ0n) is 19.5. The summed E-state index contributed by atoms with van der Waals surface area (Å²) in [6.07, 6.45) is 4.15. The van der Waals surface area contributed by atoms with Gasteiger partial charge in [-0.25, -0.2) is 4.79 Å². The fourth-order valence-corrected chi connectivity index (χ4v) is 3.89. The predicted octanol–water partition coefficient (Wildman–Crippen LogP) is 3.47. The number of ketones is 1. The Morgan fingerprint density at radius 2 is 1.74 bits per heavy atom. The monoisotopic (exact) mass is 463 g/mol. The number of nitriles is 1. The van der Waals surface area contributed by atoms with Crippen LogP contribution in [0.3, 0.4) is 0 Å². The molecule has 34 heavy (non-hydrogen) atoms. The van der Waals surface area contributed by atoms with Crippen LogP contribution in [0.5, 0.6) is 0 Å². The van der Waals surface area contributed by atoms with E-state index in [2.05, 4.69) is 4.98 Å². The molecule has 1 saturated heterocycles. The van der Waals surface area contributed by atoms with Gasteiger partial charge in [-0.1, -0.05) is 19.1 Å². The second-order valence-electron chi connectivity index (χ2n) is 8.47. The number of hydrogen-bond acceptors (Lipinski definition) is 7. The third-order valence-electron chi connectivity index (χ3n) is 5.92. The van der Waals surface area contributed by atoms with E-state index in [9.17, 15) is 14.4 Å². The van der Waals surface area contributed by atoms with Crippen molar-refractivity contribution >= 4 is 17.7 Å². The zero-order chi connectivity index (χ0) is 24.5. The molecule has 0 bridgehead atoms. The number of esters is 1. The van der Waals surface area contributed by atoms with Gasteiger partial charge in [0.1, 0.15) is 12.7 Å². The molecule has 3 rings (SSSR count). The van der Waals surface area contributed by atoms with Gasteiger partial charge in [0.25, 0.3) is 0 Å². The van der Waals surface area contributed by atoms with E-state index in [0.717, 1.165) is 5.56 Å². The number of aromatic nitrogens is 1. The molecule has 1 amide bonds. The highest BCUT2D eigenvalue weighted by atomic mass is 16.6. The van der Waals surface area contributed by atoms with E-state index in [1.54, 1.807) is 67.5 Å². The van der Waals surface area contributed by atoms with Crippen LogP contribution in [0.25, 0.3) is 0 Å². The van der Waals surface area contributed by atoms with Crippen LogP contribution in [0.1, 0.15) is 60.7 Å². The summed E-state index contributed by atoms with van der Waals surface area (Å²) in [6, 6.07) is 12.0. The average Bonchev–Trinajstić information content (AvgIpc) is 2.87. The van der Waals surface area contributed by atoms with E-state index in [1.807, 2.05) is 6.07 Å². The minimum Gasteiger partial charge on any atom is -0.456 e. The van der Waals surface area contributed by atoms with Crippen molar-refractivity contribution in [3.05, 3.63) is 65.5 Å². The van der Waals surface area contributed by atoms with Gasteiger partial charge in [0.2, 0.25) is 5.91 Å². The molecule has 178 valence electrons. The van der Waals surface area contributed by atoms with Crippen LogP contribution in [0.2, 0.25) is 0 Å². The lowest BCUT2D eigenvalue weighted by molar-refractivity contribution is -0.157. The van der Waals surface area contributed by atoms with Crippen molar-refractivity contribution in [1.29, 1.82) is 5.26 Å². The number of hydrogen-bond donors (Lipinski definition) is 0. The van der Waals surface area contributed by atoms with Crippen molar-refractivity contribution in [1.82, 2.24) is 9.88 Å². The molecule has 8 heteroatoms. The number of amides is 1. The molecule has 0 radical (unpaired) electrons. The minimum absolute atomic E-state index is 0.0639. The van der Waals surface area contributed by atoms with Gasteiger partial charge in [-0.3, -0.25) is 14.6 Å². The van der Waals surface area contributed by atoms with Crippen LogP contribution in [-0.2, 0) is 19.1 Å². The molecule has 0 N–H and O–H groups in total. The molecule has 0 aliphatic carbocycles. The minimum atomic E-state index is -0.440. The first-order valence-corrected chi connectivity index (χ1v) is 11.4. The van der Waals surface area contributed by atoms with Crippen molar-refractivity contribution in [3.63, 3.8) is 0 Å². The van der Waals surface area contributed by atoms with Gasteiger partial charge < -0.3 is 14.4 Å². The maximum Gasteiger partial charge on any atom is 0.332 e. The Kier molecular flexibility index (Phi) is 8.88. The summed E-state index contributed by atoms with van der Waals surface area (Å²) in [4.78, 5) is 43.1. The third kappa shape index (κ3) is 6.96. The molecular weight excluding hydrogens is 434 g/mol. The Balaban J connectivity index is 1.38. The van der Waals surface area contributed by atoms with Gasteiger partial charge in [0, 0.05) is 43.4 Å². The van der Waals surface area contributed by atoms with Crippen LogP contribution in [-0.4, -0.2) is 53.3 Å². The van der Waals surface area contributed by atoms with Crippen LogP contribution in [0.15, 0.2) is 48.8 Å². The molecule has 0 saturated carbocycles. The molecular formula is C26H29N3O5. The van der Waals surface area contributed by atoms with E-state index < -0.39 is 11.9 Å². The van der Waals surface area contributed by atoms with E-state index >= 15 is 0 Å². The Morgan fingerprint density at radius 3 is 2.35 bits per heavy atom. The summed E-state index contributed by atoms with van der Waals surface area (Å²) in [5, 5.41) is 8.87. The highest BCUT2D eigenvalue weighted by molar-refractivity contribution is 5.98. The van der Waals surface area contributed by atoms with Crippen molar-refractivity contribution in [2.24, 2.45) is 5.92 Å². The first-order chi connectivity index (χ1) is 16.4. The molecule has 1 aliphatic rings. The molecule has 2 atom stereocenters. The lowest BCUT2D eigenvalue weighted by Gasteiger charge is -2.33. The summed E-state index contributed by atoms with van der Waals surface area (Å²) in [5.74, 6) is -1.06. The van der Waals surface area contributed by atoms with Gasteiger partial charge in [0.15, 0.2) is 5.78 Å². The highest BCUT2D eigenvalue weighted by Crippen LogP contribution is 2.20. The molecule has 0 unspecified atom stereocenters. The van der Waals surface area contributed by atoms with E-state index in [4.69, 9.17) is 14.7 Å². The summed E-state index contributed by atoms with van der Waals surface area (Å²) in [7, 11) is 0. The number of pyridine rings is 1. The molecule has 2 aromatic rings. The lowest BCUT2D eigenvalue weighted by Crippen LogP contribution is -2.43. The van der Waals surface area contributed by atoms with Crippen molar-refractivity contribution in [2.75, 3.05) is 19.7 Å². The zero-order valence-corrected chi connectivity index (χ0v) is 19.5. The van der Waals surface area contributed by atoms with Gasteiger partial charge in [0.05, 0.1) is 17.7 Å². The SMILES string of the molecule is C[C@H](CC(=O)c1ccc(C#N)cc1)C(=O)N1CCC(OCC(=O)O[C@@H](C)c2ccncc2)CC1. The van der Waals surface area contributed by atoms with Gasteiger partial charge in [-0.15, -0.1) is 0 Å². The number of Topliss-reactive ketones (excluding diaryl/α,β-unsaturated/α-hetero) is 1. The number of nitrogens with zero attached hydrogens (tertiary/aromatic N) is 3. The summed E-state index contributed by atoms with van der Waals surface area (Å²) < 4.78 is 11.1. The molecule has 1 aromatic heterocycles. The summed E-state index contributed by atoms with van der Waals surface area (Å²) in [6.45, 7) is 4.45. The van der Waals surface area contributed by atoms with Gasteiger partial charge in [-0.05, 0) is 49.6 Å². The predicted molar refractivity (Wildman–Crippen MR) is 124 cm³/mol. The molecule has 1 aromatic carbocycles. The van der Waals surface area contributed by atoms with E-state index in [-0.39, 0.29) is 36.9 Å². The van der Waals surface area contributed by atoms with Crippen molar-refractivity contribution in [2.45, 2.75) is 45.3 Å². The van der Waals surface area contributed by atoms with Crippen molar-refractivity contribution < 1.29 is 23.9 Å². The van der Waals surface area contributed by atoms with Crippen LogP contribution in [0, 0.1) is 17.2 Å². The largest absolute Gasteiger partial charge is 0.456 e. The average molecular weight is 464 g/mol. The lowest BCUT2D eigenvalue weighted by atomic mass is 9.97. The second-order valence-corrected chi connectivity index (χ2v) is 8.47. The number of rotatable bonds is 9. The van der Waals surface area contributed by atoms with E-state index in [1.165, 1.54) is 0 Å². The number of carbonyl (C=O) groups is 3. The fraction of sp³-hybridized carbons (Fsp3) is 0.423. The Labute approximate surface area is 199 Å². The highest BCUT2D eigenvalue weighted by Gasteiger charge is 2.28. The second kappa shape index (κ2) is 12.1. The molecule has 0 spiro atoms. The Bertz CT molecular complexity index is 1020. The van der Waals surface area contributed by atoms with E-state index in [0.29, 0.717) is 37.1 Å². The quantitative estimate of drug-likeness (QED) is 0.414. The van der Waals surface area contributed by atoms with Crippen LogP contribution in [0.4, 0.5) is 0 Å². The van der Waals surface area contributed by atoms with Gasteiger partial charge in [-0.2, -0.15) is 5.26 Å².